The number of allylic oxidation sites excluding steroid dienone is 8. The van der Waals surface area contributed by atoms with Gasteiger partial charge in [0, 0.05) is 6.42 Å². The number of hydrogen-bond donors (Lipinski definition) is 0. The summed E-state index contributed by atoms with van der Waals surface area (Å²) in [5.41, 5.74) is 0. The molecule has 22 heavy (non-hydrogen) atoms. The third kappa shape index (κ3) is 18.9. The van der Waals surface area contributed by atoms with Crippen molar-refractivity contribution in [3.05, 3.63) is 48.6 Å². The van der Waals surface area contributed by atoms with Gasteiger partial charge in [-0.15, -0.1) is 0 Å². The highest BCUT2D eigenvalue weighted by molar-refractivity contribution is 6.63. The highest BCUT2D eigenvalue weighted by Crippen LogP contribution is 2.02. The fraction of sp³-hybridized carbons (Fsp3) is 0.550. The summed E-state index contributed by atoms with van der Waals surface area (Å²) >= 11 is 5.26. The van der Waals surface area contributed by atoms with E-state index in [4.69, 9.17) is 11.6 Å². The number of carbonyl (C=O) groups excluding carboxylic acids is 1. The van der Waals surface area contributed by atoms with Gasteiger partial charge in [-0.2, -0.15) is 0 Å². The van der Waals surface area contributed by atoms with Crippen molar-refractivity contribution in [3.63, 3.8) is 0 Å². The topological polar surface area (TPSA) is 17.1 Å². The molecule has 0 heterocycles. The van der Waals surface area contributed by atoms with Crippen LogP contribution in [0.15, 0.2) is 48.6 Å². The van der Waals surface area contributed by atoms with Crippen LogP contribution in [0.1, 0.15) is 71.1 Å². The maximum Gasteiger partial charge on any atom is 0.221 e. The van der Waals surface area contributed by atoms with Gasteiger partial charge in [-0.3, -0.25) is 4.79 Å². The van der Waals surface area contributed by atoms with Crippen LogP contribution < -0.4 is 0 Å². The normalized spacial score (nSPS) is 12.5. The third-order valence-corrected chi connectivity index (χ3v) is 3.39. The number of rotatable bonds is 14. The average molecular weight is 324 g/mol. The molecule has 0 fully saturated rings. The van der Waals surface area contributed by atoms with Gasteiger partial charge in [-0.1, -0.05) is 68.4 Å². The summed E-state index contributed by atoms with van der Waals surface area (Å²) < 4.78 is 0. The summed E-state index contributed by atoms with van der Waals surface area (Å²) in [6, 6.07) is 0. The van der Waals surface area contributed by atoms with Crippen molar-refractivity contribution >= 4 is 16.8 Å². The molecule has 2 heteroatoms. The van der Waals surface area contributed by atoms with Crippen LogP contribution in [-0.2, 0) is 4.79 Å². The number of unbranched alkanes of at least 4 members (excludes halogenated alkanes) is 4. The molecule has 0 aliphatic rings. The SMILES string of the molecule is [13CH3]CCCC/C=C\C/C=C\C/C=C\C/C=C\CCCC(=O)Cl. The molecule has 0 aliphatic heterocycles. The van der Waals surface area contributed by atoms with Gasteiger partial charge in [0.15, 0.2) is 0 Å². The number of halogens is 1. The molecule has 0 aromatic carbocycles. The Labute approximate surface area is 141 Å². The predicted molar refractivity (Wildman–Crippen MR) is 99.3 cm³/mol. The van der Waals surface area contributed by atoms with E-state index in [2.05, 4.69) is 55.5 Å². The van der Waals surface area contributed by atoms with Crippen molar-refractivity contribution in [2.75, 3.05) is 0 Å². The van der Waals surface area contributed by atoms with Gasteiger partial charge in [-0.05, 0) is 56.5 Å². The lowest BCUT2D eigenvalue weighted by molar-refractivity contribution is -0.111. The van der Waals surface area contributed by atoms with Crippen molar-refractivity contribution in [1.29, 1.82) is 0 Å². The number of hydrogen-bond acceptors (Lipinski definition) is 1. The molecule has 0 bridgehead atoms. The predicted octanol–water partition coefficient (Wildman–Crippen LogP) is 6.90. The standard InChI is InChI=1S/C20H31ClO/c1-2-3-4-5-6-7-8-9-10-11-12-13-14-15-16-17-18-19-20(21)22/h6-7,9-10,12-13,15-16H,2-5,8,11,14,17-19H2,1H3/b7-6-,10-9-,13-12-,16-15-/i1+1. The molecule has 0 radical (unpaired) electrons. The van der Waals surface area contributed by atoms with E-state index in [0.717, 1.165) is 32.1 Å². The minimum Gasteiger partial charge on any atom is -0.281 e. The minimum atomic E-state index is -0.240. The summed E-state index contributed by atoms with van der Waals surface area (Å²) in [5, 5.41) is -0.240. The zero-order valence-corrected chi connectivity index (χ0v) is 14.7. The number of carbonyl (C=O) groups is 1. The Balaban J connectivity index is 3.40. The van der Waals surface area contributed by atoms with Gasteiger partial charge >= 0.3 is 0 Å². The molecule has 1 nitrogen and oxygen atoms in total. The summed E-state index contributed by atoms with van der Waals surface area (Å²) in [5.74, 6) is 0. The first-order valence-corrected chi connectivity index (χ1v) is 8.93. The van der Waals surface area contributed by atoms with E-state index in [9.17, 15) is 4.79 Å². The molecular weight excluding hydrogens is 293 g/mol. The third-order valence-electron chi connectivity index (χ3n) is 3.20. The van der Waals surface area contributed by atoms with E-state index in [1.165, 1.54) is 25.7 Å². The molecule has 0 rings (SSSR count). The molecule has 0 unspecified atom stereocenters. The maximum absolute atomic E-state index is 10.5. The van der Waals surface area contributed by atoms with Crippen LogP contribution in [0.5, 0.6) is 0 Å². The first-order chi connectivity index (χ1) is 10.8. The summed E-state index contributed by atoms with van der Waals surface area (Å²) in [7, 11) is 0. The molecule has 0 aromatic heterocycles. The first kappa shape index (κ1) is 20.9. The first-order valence-electron chi connectivity index (χ1n) is 8.55. The highest BCUT2D eigenvalue weighted by Gasteiger charge is 1.92. The van der Waals surface area contributed by atoms with E-state index >= 15 is 0 Å². The molecular formula is C20H31ClO. The maximum atomic E-state index is 10.5. The highest BCUT2D eigenvalue weighted by atomic mass is 35.5. The van der Waals surface area contributed by atoms with Crippen LogP contribution in [0.2, 0.25) is 0 Å². The van der Waals surface area contributed by atoms with Crippen molar-refractivity contribution in [1.82, 2.24) is 0 Å². The Hall–Kier alpha value is -1.08. The second-order valence-corrected chi connectivity index (χ2v) is 5.76. The Bertz CT molecular complexity index is 364. The molecule has 0 amide bonds. The van der Waals surface area contributed by atoms with Crippen LogP contribution in [0, 0.1) is 0 Å². The van der Waals surface area contributed by atoms with E-state index < -0.39 is 0 Å². The molecule has 0 N–H and O–H groups in total. The lowest BCUT2D eigenvalue weighted by Crippen LogP contribution is -1.83. The van der Waals surface area contributed by atoms with E-state index in [1.54, 1.807) is 0 Å². The summed E-state index contributed by atoms with van der Waals surface area (Å²) in [6.45, 7) is 2.24. The van der Waals surface area contributed by atoms with Gasteiger partial charge in [0.1, 0.15) is 0 Å². The zero-order chi connectivity index (χ0) is 16.3. The quantitative estimate of drug-likeness (QED) is 0.147. The minimum absolute atomic E-state index is 0.240. The van der Waals surface area contributed by atoms with Crippen molar-refractivity contribution in [2.24, 2.45) is 0 Å². The molecule has 0 aromatic rings. The fourth-order valence-corrected chi connectivity index (χ4v) is 2.05. The van der Waals surface area contributed by atoms with Gasteiger partial charge in [0.05, 0.1) is 0 Å². The molecule has 0 saturated carbocycles. The summed E-state index contributed by atoms with van der Waals surface area (Å²) in [6.07, 6.45) is 28.0. The Morgan fingerprint density at radius 1 is 0.727 bits per heavy atom. The Kier molecular flexibility index (Phi) is 17.1. The van der Waals surface area contributed by atoms with Crippen molar-refractivity contribution in [3.8, 4) is 0 Å². The van der Waals surface area contributed by atoms with Gasteiger partial charge < -0.3 is 0 Å². The van der Waals surface area contributed by atoms with Gasteiger partial charge in [0.25, 0.3) is 0 Å². The second-order valence-electron chi connectivity index (χ2n) is 5.34. The molecule has 0 aliphatic carbocycles. The summed E-state index contributed by atoms with van der Waals surface area (Å²) in [4.78, 5) is 10.5. The van der Waals surface area contributed by atoms with E-state index in [0.29, 0.717) is 6.42 Å². The lowest BCUT2D eigenvalue weighted by Gasteiger charge is -1.90. The van der Waals surface area contributed by atoms with Crippen molar-refractivity contribution < 1.29 is 4.79 Å². The molecule has 0 atom stereocenters. The Morgan fingerprint density at radius 3 is 1.64 bits per heavy atom. The van der Waals surface area contributed by atoms with Crippen LogP contribution >= 0.6 is 11.6 Å². The molecule has 0 saturated heterocycles. The monoisotopic (exact) mass is 323 g/mol. The van der Waals surface area contributed by atoms with Crippen LogP contribution in [0.3, 0.4) is 0 Å². The molecule has 124 valence electrons. The Morgan fingerprint density at radius 2 is 1.18 bits per heavy atom. The van der Waals surface area contributed by atoms with Gasteiger partial charge in [-0.25, -0.2) is 0 Å². The van der Waals surface area contributed by atoms with Crippen LogP contribution in [0.4, 0.5) is 0 Å². The smallest absolute Gasteiger partial charge is 0.221 e. The average Bonchev–Trinajstić information content (AvgIpc) is 2.50. The van der Waals surface area contributed by atoms with Crippen molar-refractivity contribution in [2.45, 2.75) is 71.1 Å². The fourth-order valence-electron chi connectivity index (χ4n) is 1.92. The molecule has 0 spiro atoms. The van der Waals surface area contributed by atoms with Crippen LogP contribution in [-0.4, -0.2) is 5.24 Å². The van der Waals surface area contributed by atoms with E-state index in [1.807, 2.05) is 0 Å². The largest absolute Gasteiger partial charge is 0.281 e. The zero-order valence-electron chi connectivity index (χ0n) is 14.0. The van der Waals surface area contributed by atoms with E-state index in [-0.39, 0.29) is 5.24 Å². The second kappa shape index (κ2) is 18.0. The van der Waals surface area contributed by atoms with Crippen LogP contribution in [0.25, 0.3) is 0 Å². The lowest BCUT2D eigenvalue weighted by atomic mass is 10.2. The van der Waals surface area contributed by atoms with Gasteiger partial charge in [0.2, 0.25) is 5.24 Å².